The highest BCUT2D eigenvalue weighted by atomic mass is 16.1. The Balaban J connectivity index is 0.000000510. The van der Waals surface area contributed by atoms with E-state index in [9.17, 15) is 4.79 Å². The van der Waals surface area contributed by atoms with Crippen molar-refractivity contribution in [3.8, 4) is 11.1 Å². The van der Waals surface area contributed by atoms with Crippen LogP contribution < -0.4 is 5.32 Å². The fourth-order valence-electron chi connectivity index (χ4n) is 2.98. The molecule has 0 radical (unpaired) electrons. The van der Waals surface area contributed by atoms with Gasteiger partial charge in [-0.15, -0.1) is 0 Å². The van der Waals surface area contributed by atoms with E-state index in [-0.39, 0.29) is 0 Å². The van der Waals surface area contributed by atoms with Crippen molar-refractivity contribution >= 4 is 28.6 Å². The molecule has 3 aromatic heterocycles. The van der Waals surface area contributed by atoms with Crippen LogP contribution in [0, 0.1) is 0 Å². The van der Waals surface area contributed by atoms with E-state index < -0.39 is 0 Å². The summed E-state index contributed by atoms with van der Waals surface area (Å²) in [6.07, 6.45) is 9.84. The lowest BCUT2D eigenvalue weighted by atomic mass is 9.95. The summed E-state index contributed by atoms with van der Waals surface area (Å²) < 4.78 is 1.75. The molecule has 0 spiro atoms. The van der Waals surface area contributed by atoms with Crippen molar-refractivity contribution in [3.63, 3.8) is 0 Å². The quantitative estimate of drug-likeness (QED) is 0.544. The van der Waals surface area contributed by atoms with Crippen molar-refractivity contribution in [3.05, 3.63) is 48.3 Å². The van der Waals surface area contributed by atoms with Crippen molar-refractivity contribution < 1.29 is 4.79 Å². The third-order valence-corrected chi connectivity index (χ3v) is 4.40. The number of carbonyl (C=O) groups is 1. The predicted octanol–water partition coefficient (Wildman–Crippen LogP) is 4.18. The first kappa shape index (κ1) is 16.3. The summed E-state index contributed by atoms with van der Waals surface area (Å²) in [5.74, 6) is 0.536. The van der Waals surface area contributed by atoms with Crippen molar-refractivity contribution in [1.82, 2.24) is 19.8 Å². The van der Waals surface area contributed by atoms with Crippen LogP contribution in [-0.4, -0.2) is 26.2 Å². The van der Waals surface area contributed by atoms with E-state index in [4.69, 9.17) is 0 Å². The molecular weight excluding hydrogens is 326 g/mol. The Morgan fingerprint density at radius 1 is 1.23 bits per heavy atom. The van der Waals surface area contributed by atoms with Crippen LogP contribution in [0.3, 0.4) is 0 Å². The molecule has 2 N–H and O–H groups in total. The van der Waals surface area contributed by atoms with Gasteiger partial charge in [0.05, 0.1) is 17.2 Å². The zero-order chi connectivity index (χ0) is 17.9. The minimum absolute atomic E-state index is 0.536. The summed E-state index contributed by atoms with van der Waals surface area (Å²) >= 11 is 0. The SMILES string of the molecule is C1CC1.CCc1ccc2[nH]ncc2c1-c1ccn2nc(NC=O)cc2c1. The molecule has 26 heavy (non-hydrogen) atoms. The highest BCUT2D eigenvalue weighted by Crippen LogP contribution is 2.32. The van der Waals surface area contributed by atoms with Crippen LogP contribution in [0.25, 0.3) is 27.5 Å². The molecule has 0 aliphatic heterocycles. The van der Waals surface area contributed by atoms with Crippen LogP contribution in [0.2, 0.25) is 0 Å². The molecule has 1 aromatic carbocycles. The van der Waals surface area contributed by atoms with Gasteiger partial charge in [0.25, 0.3) is 0 Å². The Morgan fingerprint density at radius 3 is 2.81 bits per heavy atom. The number of amides is 1. The second kappa shape index (κ2) is 7.00. The lowest BCUT2D eigenvalue weighted by Gasteiger charge is -2.10. The van der Waals surface area contributed by atoms with E-state index in [2.05, 4.69) is 45.7 Å². The molecule has 0 bridgehead atoms. The van der Waals surface area contributed by atoms with Gasteiger partial charge in [-0.25, -0.2) is 4.52 Å². The molecular formula is C20H21N5O. The Kier molecular flexibility index (Phi) is 4.39. The second-order valence-electron chi connectivity index (χ2n) is 6.42. The summed E-state index contributed by atoms with van der Waals surface area (Å²) in [4.78, 5) is 10.6. The van der Waals surface area contributed by atoms with Gasteiger partial charge in [0.1, 0.15) is 0 Å². The minimum Gasteiger partial charge on any atom is -0.312 e. The Hall–Kier alpha value is -3.15. The lowest BCUT2D eigenvalue weighted by molar-refractivity contribution is -0.105. The smallest absolute Gasteiger partial charge is 0.212 e. The number of aryl methyl sites for hydroxylation is 1. The number of carbonyl (C=O) groups excluding carboxylic acids is 1. The minimum atomic E-state index is 0.536. The van der Waals surface area contributed by atoms with Crippen molar-refractivity contribution in [2.45, 2.75) is 32.6 Å². The number of hydrogen-bond donors (Lipinski definition) is 2. The van der Waals surface area contributed by atoms with Gasteiger partial charge < -0.3 is 5.32 Å². The Labute approximate surface area is 151 Å². The summed E-state index contributed by atoms with van der Waals surface area (Å²) in [5, 5.41) is 15.2. The van der Waals surface area contributed by atoms with Crippen LogP contribution in [-0.2, 0) is 11.2 Å². The van der Waals surface area contributed by atoms with E-state index in [1.54, 1.807) is 4.52 Å². The molecule has 1 aliphatic rings. The molecule has 1 amide bonds. The number of benzene rings is 1. The monoisotopic (exact) mass is 347 g/mol. The van der Waals surface area contributed by atoms with E-state index in [1.165, 1.54) is 30.4 Å². The number of pyridine rings is 1. The van der Waals surface area contributed by atoms with Crippen LogP contribution in [0.15, 0.2) is 42.7 Å². The van der Waals surface area contributed by atoms with E-state index >= 15 is 0 Å². The topological polar surface area (TPSA) is 75.1 Å². The third kappa shape index (κ3) is 3.18. The summed E-state index contributed by atoms with van der Waals surface area (Å²) in [7, 11) is 0. The molecule has 1 saturated carbocycles. The zero-order valence-corrected chi connectivity index (χ0v) is 14.7. The first-order valence-electron chi connectivity index (χ1n) is 8.95. The van der Waals surface area contributed by atoms with E-state index in [0.29, 0.717) is 12.2 Å². The number of aromatic nitrogens is 4. The highest BCUT2D eigenvalue weighted by molar-refractivity contribution is 5.96. The van der Waals surface area contributed by atoms with Gasteiger partial charge in [-0.1, -0.05) is 32.3 Å². The standard InChI is InChI=1S/C17H15N5O.C3H6/c1-2-11-3-4-15-14(9-19-20-15)17(11)12-5-6-22-13(7-12)8-16(21-22)18-10-23;1-2-3-1/h3-10H,2H2,1H3,(H,19,20)(H,18,21,23);1-3H2. The molecule has 0 atom stereocenters. The average Bonchev–Trinajstić information content (AvgIpc) is 3.37. The molecule has 0 unspecified atom stereocenters. The Morgan fingerprint density at radius 2 is 2.08 bits per heavy atom. The van der Waals surface area contributed by atoms with Crippen LogP contribution in [0.1, 0.15) is 31.7 Å². The number of aromatic amines is 1. The fraction of sp³-hybridized carbons (Fsp3) is 0.250. The molecule has 132 valence electrons. The predicted molar refractivity (Wildman–Crippen MR) is 103 cm³/mol. The first-order valence-corrected chi connectivity index (χ1v) is 8.95. The average molecular weight is 347 g/mol. The number of hydrogen-bond acceptors (Lipinski definition) is 3. The molecule has 4 aromatic rings. The number of nitrogens with zero attached hydrogens (tertiary/aromatic N) is 3. The lowest BCUT2D eigenvalue weighted by Crippen LogP contribution is -1.94. The van der Waals surface area contributed by atoms with Gasteiger partial charge >= 0.3 is 0 Å². The Bertz CT molecular complexity index is 1060. The van der Waals surface area contributed by atoms with Gasteiger partial charge in [-0.2, -0.15) is 10.2 Å². The molecule has 1 fully saturated rings. The van der Waals surface area contributed by atoms with Crippen LogP contribution >= 0.6 is 0 Å². The number of H-pyrrole nitrogens is 1. The van der Waals surface area contributed by atoms with Crippen molar-refractivity contribution in [1.29, 1.82) is 0 Å². The summed E-state index contributed by atoms with van der Waals surface area (Å²) in [5.41, 5.74) is 5.52. The molecule has 1 aliphatic carbocycles. The number of rotatable bonds is 4. The van der Waals surface area contributed by atoms with Gasteiger partial charge in [0, 0.05) is 17.6 Å². The molecule has 6 heteroatoms. The maximum absolute atomic E-state index is 10.6. The normalized spacial score (nSPS) is 12.7. The van der Waals surface area contributed by atoms with E-state index in [1.807, 2.05) is 24.5 Å². The molecule has 6 nitrogen and oxygen atoms in total. The third-order valence-electron chi connectivity index (χ3n) is 4.40. The van der Waals surface area contributed by atoms with Gasteiger partial charge in [0.2, 0.25) is 6.41 Å². The molecule has 3 heterocycles. The summed E-state index contributed by atoms with van der Waals surface area (Å²) in [6.45, 7) is 2.15. The van der Waals surface area contributed by atoms with Gasteiger partial charge in [-0.3, -0.25) is 9.89 Å². The van der Waals surface area contributed by atoms with Crippen molar-refractivity contribution in [2.24, 2.45) is 0 Å². The number of nitrogens with one attached hydrogen (secondary N) is 2. The van der Waals surface area contributed by atoms with Gasteiger partial charge in [0.15, 0.2) is 5.82 Å². The molecule has 0 saturated heterocycles. The number of anilines is 1. The number of fused-ring (bicyclic) bond motifs is 2. The fourth-order valence-corrected chi connectivity index (χ4v) is 2.98. The zero-order valence-electron chi connectivity index (χ0n) is 14.7. The van der Waals surface area contributed by atoms with Crippen LogP contribution in [0.4, 0.5) is 5.82 Å². The van der Waals surface area contributed by atoms with Crippen LogP contribution in [0.5, 0.6) is 0 Å². The maximum Gasteiger partial charge on any atom is 0.212 e. The largest absolute Gasteiger partial charge is 0.312 e. The highest BCUT2D eigenvalue weighted by Gasteiger charge is 2.12. The van der Waals surface area contributed by atoms with Gasteiger partial charge in [-0.05, 0) is 41.3 Å². The molecule has 5 rings (SSSR count). The second-order valence-corrected chi connectivity index (χ2v) is 6.42. The first-order chi connectivity index (χ1) is 12.8. The van der Waals surface area contributed by atoms with E-state index in [0.717, 1.165) is 28.4 Å². The maximum atomic E-state index is 10.6. The van der Waals surface area contributed by atoms with Crippen molar-refractivity contribution in [2.75, 3.05) is 5.32 Å². The summed E-state index contributed by atoms with van der Waals surface area (Å²) in [6, 6.07) is 10.2.